The molecular formula is C23H14N6O4S2. The topological polar surface area (TPSA) is 132 Å². The number of nitrogens with one attached hydrogen (secondary N) is 1. The van der Waals surface area contributed by atoms with Gasteiger partial charge in [0.1, 0.15) is 10.7 Å². The number of carbonyl (C=O) groups excluding carboxylic acids is 1. The summed E-state index contributed by atoms with van der Waals surface area (Å²) in [5.74, 6) is -0.654. The van der Waals surface area contributed by atoms with Crippen molar-refractivity contribution in [2.45, 2.75) is 9.37 Å². The molecule has 0 saturated carbocycles. The average molecular weight is 503 g/mol. The van der Waals surface area contributed by atoms with Gasteiger partial charge in [-0.2, -0.15) is 5.10 Å². The van der Waals surface area contributed by atoms with Crippen LogP contribution in [-0.4, -0.2) is 31.4 Å². The third-order valence-corrected chi connectivity index (χ3v) is 6.97. The Morgan fingerprint density at radius 2 is 1.94 bits per heavy atom. The first kappa shape index (κ1) is 22.4. The van der Waals surface area contributed by atoms with Gasteiger partial charge in [-0.05, 0) is 42.1 Å². The molecule has 3 heterocycles. The van der Waals surface area contributed by atoms with Gasteiger partial charge in [-0.3, -0.25) is 24.1 Å². The summed E-state index contributed by atoms with van der Waals surface area (Å²) in [6.07, 6.45) is 2.81. The predicted octanol–water partition coefficient (Wildman–Crippen LogP) is 4.13. The van der Waals surface area contributed by atoms with Crippen LogP contribution in [0, 0.1) is 10.1 Å². The maximum Gasteiger partial charge on any atom is 0.271 e. The van der Waals surface area contributed by atoms with Gasteiger partial charge in [0, 0.05) is 23.9 Å². The van der Waals surface area contributed by atoms with E-state index in [1.54, 1.807) is 24.4 Å². The molecule has 10 nitrogen and oxygen atoms in total. The van der Waals surface area contributed by atoms with Crippen LogP contribution in [0.5, 0.6) is 0 Å². The second-order valence-corrected chi connectivity index (χ2v) is 9.39. The van der Waals surface area contributed by atoms with Crippen molar-refractivity contribution < 1.29 is 9.72 Å². The Balaban J connectivity index is 1.48. The molecule has 0 aliphatic heterocycles. The van der Waals surface area contributed by atoms with E-state index in [9.17, 15) is 19.7 Å². The van der Waals surface area contributed by atoms with Crippen LogP contribution in [0.1, 0.15) is 15.9 Å². The zero-order valence-corrected chi connectivity index (χ0v) is 19.3. The van der Waals surface area contributed by atoms with Crippen LogP contribution in [0.3, 0.4) is 0 Å². The zero-order valence-electron chi connectivity index (χ0n) is 17.7. The van der Waals surface area contributed by atoms with Crippen LogP contribution in [0.2, 0.25) is 0 Å². The summed E-state index contributed by atoms with van der Waals surface area (Å²) < 4.78 is 3.09. The van der Waals surface area contributed by atoms with Gasteiger partial charge >= 0.3 is 0 Å². The Bertz CT molecular complexity index is 1660. The number of hydrogen-bond donors (Lipinski definition) is 1. The Morgan fingerprint density at radius 3 is 2.77 bits per heavy atom. The van der Waals surface area contributed by atoms with Crippen LogP contribution in [0.15, 0.2) is 92.2 Å². The number of carbonyl (C=O) groups is 1. The number of hydrogen-bond acceptors (Lipinski definition) is 9. The molecule has 0 aliphatic carbocycles. The van der Waals surface area contributed by atoms with Crippen molar-refractivity contribution in [3.8, 4) is 0 Å². The molecule has 0 unspecified atom stereocenters. The third-order valence-electron chi connectivity index (χ3n) is 4.87. The summed E-state index contributed by atoms with van der Waals surface area (Å²) in [5, 5.41) is 15.3. The van der Waals surface area contributed by atoms with E-state index < -0.39 is 10.8 Å². The molecule has 1 N–H and O–H groups in total. The maximum absolute atomic E-state index is 13.2. The lowest BCUT2D eigenvalue weighted by Gasteiger charge is -2.06. The number of non-ortho nitro benzene ring substituents is 1. The van der Waals surface area contributed by atoms with Crippen molar-refractivity contribution >= 4 is 56.8 Å². The molecule has 0 bridgehead atoms. The monoisotopic (exact) mass is 502 g/mol. The summed E-state index contributed by atoms with van der Waals surface area (Å²) in [4.78, 5) is 45.2. The first-order valence-corrected chi connectivity index (χ1v) is 11.8. The van der Waals surface area contributed by atoms with Crippen LogP contribution < -0.4 is 11.0 Å². The number of thiazole rings is 1. The van der Waals surface area contributed by atoms with Crippen molar-refractivity contribution in [2.75, 3.05) is 0 Å². The number of nitrogens with zero attached hydrogens (tertiary/aromatic N) is 5. The molecule has 35 heavy (non-hydrogen) atoms. The Hall–Kier alpha value is -4.42. The first-order chi connectivity index (χ1) is 17.0. The normalized spacial score (nSPS) is 11.3. The van der Waals surface area contributed by atoms with E-state index in [2.05, 4.69) is 20.5 Å². The number of aromatic nitrogens is 3. The molecule has 0 atom stereocenters. The average Bonchev–Trinajstić information content (AvgIpc) is 3.28. The highest BCUT2D eigenvalue weighted by molar-refractivity contribution is 8.01. The number of rotatable bonds is 6. The summed E-state index contributed by atoms with van der Waals surface area (Å²) >= 11 is 2.71. The molecule has 2 aromatic carbocycles. The molecule has 0 spiro atoms. The minimum Gasteiger partial charge on any atom is -0.268 e. The highest BCUT2D eigenvalue weighted by Gasteiger charge is 2.16. The lowest BCUT2D eigenvalue weighted by atomic mass is 10.2. The second kappa shape index (κ2) is 9.44. The lowest BCUT2D eigenvalue weighted by Crippen LogP contribution is -2.23. The largest absolute Gasteiger partial charge is 0.271 e. The highest BCUT2D eigenvalue weighted by atomic mass is 32.2. The molecule has 0 saturated heterocycles. The van der Waals surface area contributed by atoms with E-state index in [0.717, 1.165) is 16.3 Å². The number of benzene rings is 2. The standard InChI is InChI=1S/C23H14N6O4S2/c30-20(14-6-5-7-15(12-14)29(32)33)27-24-13-16-21(26-19-10-3-4-11-28(19)22(16)31)35-23-25-17-8-1-2-9-18(17)34-23/h1-13H,(H,27,30)/b24-13-. The van der Waals surface area contributed by atoms with Gasteiger partial charge in [-0.25, -0.2) is 15.4 Å². The van der Waals surface area contributed by atoms with E-state index >= 15 is 0 Å². The molecule has 3 aromatic heterocycles. The number of fused-ring (bicyclic) bond motifs is 2. The van der Waals surface area contributed by atoms with E-state index in [4.69, 9.17) is 0 Å². The fourth-order valence-electron chi connectivity index (χ4n) is 3.23. The summed E-state index contributed by atoms with van der Waals surface area (Å²) in [6.45, 7) is 0. The zero-order chi connectivity index (χ0) is 24.4. The van der Waals surface area contributed by atoms with Crippen LogP contribution in [0.4, 0.5) is 5.69 Å². The van der Waals surface area contributed by atoms with Crippen molar-refractivity contribution in [1.29, 1.82) is 0 Å². The number of amides is 1. The quantitative estimate of drug-likeness (QED) is 0.160. The van der Waals surface area contributed by atoms with E-state index in [1.165, 1.54) is 51.9 Å². The summed E-state index contributed by atoms with van der Waals surface area (Å²) in [7, 11) is 0. The minimum absolute atomic E-state index is 0.0637. The number of pyridine rings is 1. The van der Waals surface area contributed by atoms with Gasteiger partial charge < -0.3 is 0 Å². The Kier molecular flexibility index (Phi) is 6.04. The molecule has 5 rings (SSSR count). The van der Waals surface area contributed by atoms with Gasteiger partial charge in [0.2, 0.25) is 0 Å². The third kappa shape index (κ3) is 4.65. The minimum atomic E-state index is -0.654. The lowest BCUT2D eigenvalue weighted by molar-refractivity contribution is -0.384. The molecule has 0 radical (unpaired) electrons. The van der Waals surface area contributed by atoms with Crippen LogP contribution in [-0.2, 0) is 0 Å². The smallest absolute Gasteiger partial charge is 0.268 e. The van der Waals surface area contributed by atoms with Gasteiger partial charge in [0.05, 0.1) is 26.9 Å². The highest BCUT2D eigenvalue weighted by Crippen LogP contribution is 2.34. The van der Waals surface area contributed by atoms with E-state index in [-0.39, 0.29) is 22.4 Å². The summed E-state index contributed by atoms with van der Waals surface area (Å²) in [5.41, 5.74) is 3.26. The molecule has 5 aromatic rings. The van der Waals surface area contributed by atoms with Crippen molar-refractivity contribution in [1.82, 2.24) is 19.8 Å². The molecular weight excluding hydrogens is 488 g/mol. The van der Waals surface area contributed by atoms with Gasteiger partial charge in [0.15, 0.2) is 4.34 Å². The van der Waals surface area contributed by atoms with Gasteiger partial charge in [-0.15, -0.1) is 11.3 Å². The SMILES string of the molecule is O=C(N/N=C\c1c(Sc2nc3ccccc3s2)nc2ccccn2c1=O)c1cccc([N+](=O)[O-])c1. The van der Waals surface area contributed by atoms with E-state index in [1.807, 2.05) is 24.3 Å². The first-order valence-electron chi connectivity index (χ1n) is 10.1. The molecule has 1 amide bonds. The fraction of sp³-hybridized carbons (Fsp3) is 0. The summed E-state index contributed by atoms with van der Waals surface area (Å²) in [6, 6.07) is 18.2. The number of para-hydroxylation sites is 1. The Labute approximate surface area is 205 Å². The fourth-order valence-corrected chi connectivity index (χ4v) is 5.30. The van der Waals surface area contributed by atoms with Gasteiger partial charge in [0.25, 0.3) is 17.2 Å². The second-order valence-electron chi connectivity index (χ2n) is 7.12. The molecule has 12 heteroatoms. The molecule has 172 valence electrons. The van der Waals surface area contributed by atoms with Crippen molar-refractivity contribution in [3.63, 3.8) is 0 Å². The number of nitro benzene ring substituents is 1. The molecule has 0 fully saturated rings. The van der Waals surface area contributed by atoms with Crippen LogP contribution in [0.25, 0.3) is 15.9 Å². The van der Waals surface area contributed by atoms with E-state index in [0.29, 0.717) is 15.0 Å². The van der Waals surface area contributed by atoms with Crippen molar-refractivity contribution in [3.05, 3.63) is 105 Å². The van der Waals surface area contributed by atoms with Crippen LogP contribution >= 0.6 is 23.1 Å². The Morgan fingerprint density at radius 1 is 1.11 bits per heavy atom. The maximum atomic E-state index is 13.2. The number of hydrazone groups is 1. The van der Waals surface area contributed by atoms with Gasteiger partial charge in [-0.1, -0.05) is 24.3 Å². The predicted molar refractivity (Wildman–Crippen MR) is 133 cm³/mol. The number of nitro groups is 1. The molecule has 0 aliphatic rings. The van der Waals surface area contributed by atoms with Crippen molar-refractivity contribution in [2.24, 2.45) is 5.10 Å².